The topological polar surface area (TPSA) is 58.2 Å². The van der Waals surface area contributed by atoms with Gasteiger partial charge in [-0.2, -0.15) is 0 Å². The molecule has 5 heteroatoms. The number of benzene rings is 2. The summed E-state index contributed by atoms with van der Waals surface area (Å²) in [5.74, 6) is -0.448. The average molecular weight is 405 g/mol. The fourth-order valence-electron chi connectivity index (χ4n) is 2.81. The Hall–Kier alpha value is -3.18. The smallest absolute Gasteiger partial charge is 0.267 e. The fraction of sp³-hybridized carbons (Fsp3) is 0.167. The van der Waals surface area contributed by atoms with E-state index in [1.54, 1.807) is 18.2 Å². The Bertz CT molecular complexity index is 977. The van der Waals surface area contributed by atoms with Crippen molar-refractivity contribution in [2.24, 2.45) is 0 Å². The van der Waals surface area contributed by atoms with Crippen molar-refractivity contribution in [3.63, 3.8) is 0 Å². The second kappa shape index (κ2) is 9.85. The van der Waals surface area contributed by atoms with E-state index in [-0.39, 0.29) is 23.4 Å². The van der Waals surface area contributed by atoms with E-state index in [1.165, 1.54) is 11.3 Å². The normalized spacial score (nSPS) is 12.3. The largest absolute Gasteiger partial charge is 0.350 e. The highest BCUT2D eigenvalue weighted by atomic mass is 32.1. The van der Waals surface area contributed by atoms with Crippen LogP contribution in [0.1, 0.15) is 39.2 Å². The summed E-state index contributed by atoms with van der Waals surface area (Å²) in [6.07, 6.45) is 1.71. The van der Waals surface area contributed by atoms with E-state index in [1.807, 2.05) is 66.9 Å². The van der Waals surface area contributed by atoms with E-state index in [0.29, 0.717) is 12.1 Å². The fourth-order valence-corrected chi connectivity index (χ4v) is 3.47. The van der Waals surface area contributed by atoms with Gasteiger partial charge in [0, 0.05) is 17.0 Å². The van der Waals surface area contributed by atoms with Gasteiger partial charge in [-0.05, 0) is 48.1 Å². The quantitative estimate of drug-likeness (QED) is 0.559. The van der Waals surface area contributed by atoms with Crippen molar-refractivity contribution in [1.82, 2.24) is 10.6 Å². The molecule has 2 aromatic carbocycles. The Labute approximate surface area is 175 Å². The molecule has 148 valence electrons. The minimum absolute atomic E-state index is 0.163. The third kappa shape index (κ3) is 5.90. The second-order valence-corrected chi connectivity index (χ2v) is 7.89. The zero-order valence-corrected chi connectivity index (χ0v) is 17.3. The van der Waals surface area contributed by atoms with Gasteiger partial charge in [-0.3, -0.25) is 9.59 Å². The van der Waals surface area contributed by atoms with Crippen LogP contribution in [-0.2, 0) is 4.79 Å². The van der Waals surface area contributed by atoms with Crippen molar-refractivity contribution in [3.8, 4) is 0 Å². The van der Waals surface area contributed by atoms with Crippen molar-refractivity contribution in [1.29, 1.82) is 0 Å². The summed E-state index contributed by atoms with van der Waals surface area (Å²) in [6.45, 7) is 4.50. The SMILES string of the molecule is Cc1ccc(C(=O)N/C(=C\c2cccs2)C(=O)NC[C@@H](C)c2ccccc2)cc1. The third-order valence-corrected chi connectivity index (χ3v) is 5.39. The summed E-state index contributed by atoms with van der Waals surface area (Å²) in [7, 11) is 0. The molecule has 1 atom stereocenters. The molecule has 0 aliphatic heterocycles. The number of hydrogen-bond acceptors (Lipinski definition) is 3. The molecule has 0 spiro atoms. The van der Waals surface area contributed by atoms with Crippen LogP contribution in [0.5, 0.6) is 0 Å². The number of thiophene rings is 1. The van der Waals surface area contributed by atoms with Crippen LogP contribution in [-0.4, -0.2) is 18.4 Å². The van der Waals surface area contributed by atoms with Crippen LogP contribution in [0.15, 0.2) is 77.8 Å². The summed E-state index contributed by atoms with van der Waals surface area (Å²) in [4.78, 5) is 26.4. The Morgan fingerprint density at radius 3 is 2.38 bits per heavy atom. The zero-order chi connectivity index (χ0) is 20.6. The predicted molar refractivity (Wildman–Crippen MR) is 119 cm³/mol. The first kappa shape index (κ1) is 20.6. The molecular formula is C24H24N2O2S. The lowest BCUT2D eigenvalue weighted by Crippen LogP contribution is -2.36. The molecule has 0 unspecified atom stereocenters. The lowest BCUT2D eigenvalue weighted by molar-refractivity contribution is -0.117. The molecule has 0 aliphatic carbocycles. The summed E-state index contributed by atoms with van der Waals surface area (Å²) in [5, 5.41) is 7.64. The van der Waals surface area contributed by atoms with Gasteiger partial charge in [0.25, 0.3) is 11.8 Å². The van der Waals surface area contributed by atoms with Crippen LogP contribution in [0.3, 0.4) is 0 Å². The van der Waals surface area contributed by atoms with Crippen LogP contribution in [0.2, 0.25) is 0 Å². The average Bonchev–Trinajstić information content (AvgIpc) is 3.25. The molecule has 3 aromatic rings. The Morgan fingerprint density at radius 1 is 1.00 bits per heavy atom. The minimum atomic E-state index is -0.306. The number of amides is 2. The van der Waals surface area contributed by atoms with E-state index in [0.717, 1.165) is 16.0 Å². The second-order valence-electron chi connectivity index (χ2n) is 6.92. The van der Waals surface area contributed by atoms with Gasteiger partial charge >= 0.3 is 0 Å². The molecule has 2 amide bonds. The number of hydrogen-bond donors (Lipinski definition) is 2. The van der Waals surface area contributed by atoms with E-state index >= 15 is 0 Å². The molecule has 0 saturated carbocycles. The van der Waals surface area contributed by atoms with Crippen LogP contribution in [0.25, 0.3) is 6.08 Å². The molecule has 2 N–H and O–H groups in total. The zero-order valence-electron chi connectivity index (χ0n) is 16.5. The monoisotopic (exact) mass is 404 g/mol. The standard InChI is InChI=1S/C24H24N2O2S/c1-17-10-12-20(13-11-17)23(27)26-22(15-21-9-6-14-29-21)24(28)25-16-18(2)19-7-4-3-5-8-19/h3-15,18H,16H2,1-2H3,(H,25,28)(H,26,27)/b22-15-/t18-/m1/s1. The van der Waals surface area contributed by atoms with Gasteiger partial charge in [-0.1, -0.05) is 61.0 Å². The maximum Gasteiger partial charge on any atom is 0.267 e. The maximum atomic E-state index is 12.8. The van der Waals surface area contributed by atoms with Crippen molar-refractivity contribution in [3.05, 3.63) is 99.4 Å². The third-order valence-electron chi connectivity index (χ3n) is 4.57. The van der Waals surface area contributed by atoms with Crippen molar-refractivity contribution >= 4 is 29.2 Å². The first-order valence-corrected chi connectivity index (χ1v) is 10.4. The molecule has 0 saturated heterocycles. The Kier molecular flexibility index (Phi) is 6.98. The number of carbonyl (C=O) groups excluding carboxylic acids is 2. The first-order valence-electron chi connectivity index (χ1n) is 9.49. The summed E-state index contributed by atoms with van der Waals surface area (Å²) < 4.78 is 0. The van der Waals surface area contributed by atoms with Crippen LogP contribution in [0, 0.1) is 6.92 Å². The van der Waals surface area contributed by atoms with Gasteiger partial charge in [0.15, 0.2) is 0 Å². The lowest BCUT2D eigenvalue weighted by Gasteiger charge is -2.15. The highest BCUT2D eigenvalue weighted by molar-refractivity contribution is 7.10. The molecule has 1 heterocycles. The Morgan fingerprint density at radius 2 is 1.72 bits per heavy atom. The van der Waals surface area contributed by atoms with E-state index in [2.05, 4.69) is 17.6 Å². The summed E-state index contributed by atoms with van der Waals surface area (Å²) >= 11 is 1.51. The van der Waals surface area contributed by atoms with Gasteiger partial charge < -0.3 is 10.6 Å². The van der Waals surface area contributed by atoms with Crippen molar-refractivity contribution in [2.45, 2.75) is 19.8 Å². The van der Waals surface area contributed by atoms with Crippen LogP contribution < -0.4 is 10.6 Å². The number of carbonyl (C=O) groups is 2. The molecule has 0 aliphatic rings. The van der Waals surface area contributed by atoms with Gasteiger partial charge in [0.05, 0.1) is 0 Å². The van der Waals surface area contributed by atoms with Gasteiger partial charge in [-0.15, -0.1) is 11.3 Å². The molecule has 4 nitrogen and oxygen atoms in total. The highest BCUT2D eigenvalue weighted by Crippen LogP contribution is 2.15. The predicted octanol–water partition coefficient (Wildman–Crippen LogP) is 4.75. The van der Waals surface area contributed by atoms with Gasteiger partial charge in [0.1, 0.15) is 5.70 Å². The molecule has 0 fully saturated rings. The number of nitrogens with one attached hydrogen (secondary N) is 2. The molecule has 0 bridgehead atoms. The maximum absolute atomic E-state index is 12.8. The lowest BCUT2D eigenvalue weighted by atomic mass is 10.0. The number of aryl methyl sites for hydroxylation is 1. The van der Waals surface area contributed by atoms with Crippen molar-refractivity contribution < 1.29 is 9.59 Å². The molecule has 29 heavy (non-hydrogen) atoms. The molecule has 0 radical (unpaired) electrons. The van der Waals surface area contributed by atoms with E-state index in [9.17, 15) is 9.59 Å². The van der Waals surface area contributed by atoms with E-state index in [4.69, 9.17) is 0 Å². The van der Waals surface area contributed by atoms with Crippen molar-refractivity contribution in [2.75, 3.05) is 6.54 Å². The van der Waals surface area contributed by atoms with Crippen LogP contribution >= 0.6 is 11.3 Å². The van der Waals surface area contributed by atoms with Crippen LogP contribution in [0.4, 0.5) is 0 Å². The summed E-state index contributed by atoms with van der Waals surface area (Å²) in [6, 6.07) is 21.1. The molecule has 1 aromatic heterocycles. The molecule has 3 rings (SSSR count). The van der Waals surface area contributed by atoms with E-state index < -0.39 is 0 Å². The first-order chi connectivity index (χ1) is 14.0. The number of rotatable bonds is 7. The minimum Gasteiger partial charge on any atom is -0.350 e. The van der Waals surface area contributed by atoms with Gasteiger partial charge in [-0.25, -0.2) is 0 Å². The summed E-state index contributed by atoms with van der Waals surface area (Å²) in [5.41, 5.74) is 2.97. The highest BCUT2D eigenvalue weighted by Gasteiger charge is 2.16. The molecular weight excluding hydrogens is 380 g/mol. The van der Waals surface area contributed by atoms with Gasteiger partial charge in [0.2, 0.25) is 0 Å². The Balaban J connectivity index is 1.72.